The number of likely N-dealkylation sites (tertiary alicyclic amines) is 1. The van der Waals surface area contributed by atoms with Gasteiger partial charge < -0.3 is 20.3 Å². The number of hydrogen-bond acceptors (Lipinski definition) is 5. The van der Waals surface area contributed by atoms with Crippen LogP contribution in [0.1, 0.15) is 47.8 Å². The number of anilines is 1. The third kappa shape index (κ3) is 6.61. The maximum Gasteiger partial charge on any atom is 0.308 e. The largest absolute Gasteiger partial charge is 0.427 e. The summed E-state index contributed by atoms with van der Waals surface area (Å²) in [6.45, 7) is 3.94. The van der Waals surface area contributed by atoms with Gasteiger partial charge >= 0.3 is 5.97 Å². The molecule has 190 valence electrons. The van der Waals surface area contributed by atoms with E-state index in [4.69, 9.17) is 4.74 Å². The van der Waals surface area contributed by atoms with Gasteiger partial charge in [-0.3, -0.25) is 19.2 Å². The molecule has 3 aromatic rings. The maximum atomic E-state index is 12.8. The minimum atomic E-state index is -0.455. The van der Waals surface area contributed by atoms with Crippen LogP contribution in [0.15, 0.2) is 78.9 Å². The van der Waals surface area contributed by atoms with Crippen LogP contribution in [0.3, 0.4) is 0 Å². The lowest BCUT2D eigenvalue weighted by Gasteiger charge is -2.25. The Kier molecular flexibility index (Phi) is 7.98. The number of nitrogens with zero attached hydrogens (tertiary/aromatic N) is 1. The second kappa shape index (κ2) is 11.5. The molecule has 1 fully saturated rings. The van der Waals surface area contributed by atoms with Crippen LogP contribution in [-0.4, -0.2) is 35.1 Å². The first-order valence-corrected chi connectivity index (χ1v) is 12.1. The molecule has 2 atom stereocenters. The van der Waals surface area contributed by atoms with E-state index in [0.29, 0.717) is 23.5 Å². The van der Waals surface area contributed by atoms with Crippen molar-refractivity contribution in [1.29, 1.82) is 0 Å². The minimum Gasteiger partial charge on any atom is -0.427 e. The Morgan fingerprint density at radius 1 is 1.00 bits per heavy atom. The normalized spacial score (nSPS) is 15.7. The van der Waals surface area contributed by atoms with Crippen LogP contribution < -0.4 is 15.4 Å². The fourth-order valence-electron chi connectivity index (χ4n) is 4.29. The highest BCUT2D eigenvalue weighted by molar-refractivity contribution is 5.97. The van der Waals surface area contributed by atoms with E-state index in [1.54, 1.807) is 35.2 Å². The van der Waals surface area contributed by atoms with Gasteiger partial charge in [-0.2, -0.15) is 0 Å². The van der Waals surface area contributed by atoms with Gasteiger partial charge in [-0.15, -0.1) is 0 Å². The molecule has 0 radical (unpaired) electrons. The summed E-state index contributed by atoms with van der Waals surface area (Å²) >= 11 is 0. The second-order valence-corrected chi connectivity index (χ2v) is 9.02. The molecular weight excluding hydrogens is 470 g/mol. The summed E-state index contributed by atoms with van der Waals surface area (Å²) in [6.07, 6.45) is 0.186. The first kappa shape index (κ1) is 25.6. The molecule has 2 N–H and O–H groups in total. The highest BCUT2D eigenvalue weighted by Gasteiger charge is 2.37. The number of benzene rings is 3. The van der Waals surface area contributed by atoms with Crippen LogP contribution in [0.2, 0.25) is 0 Å². The Bertz CT molecular complexity index is 1290. The summed E-state index contributed by atoms with van der Waals surface area (Å²) in [5.41, 5.74) is 2.89. The predicted octanol–water partition coefficient (Wildman–Crippen LogP) is 4.09. The Morgan fingerprint density at radius 3 is 2.43 bits per heavy atom. The highest BCUT2D eigenvalue weighted by Crippen LogP contribution is 2.29. The molecule has 0 spiro atoms. The zero-order valence-electron chi connectivity index (χ0n) is 20.8. The summed E-state index contributed by atoms with van der Waals surface area (Å²) in [5, 5.41) is 5.72. The lowest BCUT2D eigenvalue weighted by molar-refractivity contribution is -0.132. The van der Waals surface area contributed by atoms with Crippen LogP contribution in [0.25, 0.3) is 0 Å². The van der Waals surface area contributed by atoms with Crippen molar-refractivity contribution in [1.82, 2.24) is 10.2 Å². The molecule has 1 aliphatic rings. The molecule has 4 rings (SSSR count). The third-order valence-electron chi connectivity index (χ3n) is 6.31. The number of esters is 1. The van der Waals surface area contributed by atoms with E-state index in [1.807, 2.05) is 49.4 Å². The number of amides is 3. The van der Waals surface area contributed by atoms with Crippen LogP contribution >= 0.6 is 0 Å². The van der Waals surface area contributed by atoms with Gasteiger partial charge in [0.15, 0.2) is 0 Å². The van der Waals surface area contributed by atoms with Gasteiger partial charge in [0.1, 0.15) is 5.75 Å². The monoisotopic (exact) mass is 499 g/mol. The van der Waals surface area contributed by atoms with Gasteiger partial charge in [-0.05, 0) is 48.4 Å². The number of carbonyl (C=O) groups excluding carboxylic acids is 4. The van der Waals surface area contributed by atoms with E-state index in [1.165, 1.54) is 13.0 Å². The van der Waals surface area contributed by atoms with E-state index >= 15 is 0 Å². The molecule has 37 heavy (non-hydrogen) atoms. The summed E-state index contributed by atoms with van der Waals surface area (Å²) < 4.78 is 5.02. The van der Waals surface area contributed by atoms with Crippen molar-refractivity contribution >= 4 is 29.4 Å². The van der Waals surface area contributed by atoms with Crippen molar-refractivity contribution in [2.24, 2.45) is 5.92 Å². The molecule has 2 unspecified atom stereocenters. The van der Waals surface area contributed by atoms with E-state index in [0.717, 1.165) is 11.1 Å². The van der Waals surface area contributed by atoms with Crippen LogP contribution in [-0.2, 0) is 20.9 Å². The molecule has 0 aliphatic carbocycles. The summed E-state index contributed by atoms with van der Waals surface area (Å²) in [6, 6.07) is 23.2. The van der Waals surface area contributed by atoms with Crippen LogP contribution in [0, 0.1) is 5.92 Å². The van der Waals surface area contributed by atoms with E-state index < -0.39 is 11.9 Å². The number of carbonyl (C=O) groups is 4. The Hall–Kier alpha value is -4.46. The number of nitrogens with one attached hydrogen (secondary N) is 2. The molecule has 0 aromatic heterocycles. The van der Waals surface area contributed by atoms with Crippen molar-refractivity contribution in [3.05, 3.63) is 95.6 Å². The van der Waals surface area contributed by atoms with Gasteiger partial charge in [-0.25, -0.2) is 0 Å². The van der Waals surface area contributed by atoms with Gasteiger partial charge in [0, 0.05) is 37.7 Å². The lowest BCUT2D eigenvalue weighted by Crippen LogP contribution is -2.30. The lowest BCUT2D eigenvalue weighted by atomic mass is 10.1. The third-order valence-corrected chi connectivity index (χ3v) is 6.31. The standard InChI is InChI=1S/C29H29N3O5/c1-19(22-7-4-3-5-8-22)32-18-24(16-27(32)34)29(36)31-25-13-11-21(12-14-25)17-30-28(35)23-9-6-10-26(15-23)37-20(2)33/h3-15,19,24H,16-18H2,1-2H3,(H,30,35)(H,31,36). The quantitative estimate of drug-likeness (QED) is 0.359. The average molecular weight is 500 g/mol. The molecule has 0 saturated carbocycles. The van der Waals surface area contributed by atoms with Crippen molar-refractivity contribution < 1.29 is 23.9 Å². The first-order chi connectivity index (χ1) is 17.8. The molecule has 3 amide bonds. The van der Waals surface area contributed by atoms with Crippen molar-refractivity contribution in [2.75, 3.05) is 11.9 Å². The summed E-state index contributed by atoms with van der Waals surface area (Å²) in [4.78, 5) is 50.8. The molecule has 1 saturated heterocycles. The second-order valence-electron chi connectivity index (χ2n) is 9.02. The zero-order valence-corrected chi connectivity index (χ0v) is 20.8. The molecular formula is C29H29N3O5. The van der Waals surface area contributed by atoms with Gasteiger partial charge in [0.2, 0.25) is 11.8 Å². The smallest absolute Gasteiger partial charge is 0.308 e. The zero-order chi connectivity index (χ0) is 26.4. The van der Waals surface area contributed by atoms with Crippen molar-refractivity contribution in [3.8, 4) is 5.75 Å². The van der Waals surface area contributed by atoms with Gasteiger partial charge in [0.05, 0.1) is 12.0 Å². The predicted molar refractivity (Wildman–Crippen MR) is 139 cm³/mol. The summed E-state index contributed by atoms with van der Waals surface area (Å²) in [5.74, 6) is -1.08. The van der Waals surface area contributed by atoms with E-state index in [2.05, 4.69) is 10.6 Å². The van der Waals surface area contributed by atoms with E-state index in [-0.39, 0.29) is 36.7 Å². The average Bonchev–Trinajstić information content (AvgIpc) is 3.29. The van der Waals surface area contributed by atoms with Crippen LogP contribution in [0.5, 0.6) is 5.75 Å². The molecule has 8 nitrogen and oxygen atoms in total. The summed E-state index contributed by atoms with van der Waals surface area (Å²) in [7, 11) is 0. The van der Waals surface area contributed by atoms with E-state index in [9.17, 15) is 19.2 Å². The van der Waals surface area contributed by atoms with Crippen molar-refractivity contribution in [2.45, 2.75) is 32.9 Å². The van der Waals surface area contributed by atoms with Gasteiger partial charge in [0.25, 0.3) is 5.91 Å². The maximum absolute atomic E-state index is 12.8. The number of ether oxygens (including phenoxy) is 1. The van der Waals surface area contributed by atoms with Crippen molar-refractivity contribution in [3.63, 3.8) is 0 Å². The number of hydrogen-bond donors (Lipinski definition) is 2. The topological polar surface area (TPSA) is 105 Å². The molecule has 8 heteroatoms. The fraction of sp³-hybridized carbons (Fsp3) is 0.241. The Labute approximate surface area is 215 Å². The first-order valence-electron chi connectivity index (χ1n) is 12.1. The minimum absolute atomic E-state index is 0.0269. The molecule has 0 bridgehead atoms. The SMILES string of the molecule is CC(=O)Oc1cccc(C(=O)NCc2ccc(NC(=O)C3CC(=O)N(C(C)c4ccccc4)C3)cc2)c1. The molecule has 1 heterocycles. The highest BCUT2D eigenvalue weighted by atomic mass is 16.5. The molecule has 3 aromatic carbocycles. The Balaban J connectivity index is 1.29. The van der Waals surface area contributed by atoms with Gasteiger partial charge in [-0.1, -0.05) is 48.5 Å². The molecule has 1 aliphatic heterocycles. The number of rotatable bonds is 8. The Morgan fingerprint density at radius 2 is 1.73 bits per heavy atom. The van der Waals surface area contributed by atoms with Crippen LogP contribution in [0.4, 0.5) is 5.69 Å². The fourth-order valence-corrected chi connectivity index (χ4v) is 4.29.